The largest absolute Gasteiger partial charge is 0.462 e. The Bertz CT molecular complexity index is 579. The van der Waals surface area contributed by atoms with E-state index in [1.807, 2.05) is 0 Å². The van der Waals surface area contributed by atoms with Crippen LogP contribution in [0.2, 0.25) is 0 Å². The van der Waals surface area contributed by atoms with Crippen molar-refractivity contribution in [3.8, 4) is 0 Å². The minimum absolute atomic E-state index is 0.349. The van der Waals surface area contributed by atoms with Crippen LogP contribution in [0.15, 0.2) is 36.2 Å². The molecule has 2 atom stereocenters. The Balaban J connectivity index is 3.04. The Kier molecular flexibility index (Phi) is 6.42. The normalized spacial score (nSPS) is 24.0. The van der Waals surface area contributed by atoms with E-state index in [1.165, 1.54) is 0 Å². The van der Waals surface area contributed by atoms with Gasteiger partial charge in [-0.15, -0.1) is 0 Å². The van der Waals surface area contributed by atoms with Crippen molar-refractivity contribution in [3.63, 3.8) is 0 Å². The predicted molar refractivity (Wildman–Crippen MR) is 73.4 cm³/mol. The molecule has 4 nitrogen and oxygen atoms in total. The van der Waals surface area contributed by atoms with Crippen molar-refractivity contribution in [1.82, 2.24) is 0 Å². The zero-order valence-electron chi connectivity index (χ0n) is 12.7. The Labute approximate surface area is 134 Å². The van der Waals surface area contributed by atoms with Crippen LogP contribution >= 0.6 is 0 Å². The van der Waals surface area contributed by atoms with E-state index in [9.17, 15) is 31.5 Å². The van der Waals surface area contributed by atoms with Crippen molar-refractivity contribution in [1.29, 1.82) is 0 Å². The molecule has 1 aliphatic rings. The van der Waals surface area contributed by atoms with Gasteiger partial charge in [-0.05, 0) is 19.1 Å². The Hall–Kier alpha value is -2.03. The van der Waals surface area contributed by atoms with E-state index in [0.717, 1.165) is 13.0 Å². The summed E-state index contributed by atoms with van der Waals surface area (Å²) in [5, 5.41) is 0. The molecule has 0 saturated heterocycles. The lowest BCUT2D eigenvalue weighted by Crippen LogP contribution is -2.57. The van der Waals surface area contributed by atoms with Gasteiger partial charge in [-0.25, -0.2) is 13.6 Å². The second kappa shape index (κ2) is 7.69. The average Bonchev–Trinajstić information content (AvgIpc) is 2.49. The van der Waals surface area contributed by atoms with E-state index in [1.54, 1.807) is 0 Å². The molecule has 9 heteroatoms. The van der Waals surface area contributed by atoms with E-state index in [4.69, 9.17) is 0 Å². The van der Waals surface area contributed by atoms with Gasteiger partial charge in [0.2, 0.25) is 0 Å². The monoisotopic (exact) mass is 354 g/mol. The van der Waals surface area contributed by atoms with Gasteiger partial charge in [-0.2, -0.15) is 13.2 Å². The molecule has 2 unspecified atom stereocenters. The number of alkyl halides is 4. The highest BCUT2D eigenvalue weighted by atomic mass is 19.4. The minimum Gasteiger partial charge on any atom is -0.462 e. The second-order valence-corrected chi connectivity index (χ2v) is 4.71. The molecule has 0 aliphatic heterocycles. The first-order valence-electron chi connectivity index (χ1n) is 6.86. The smallest absolute Gasteiger partial charge is 0.427 e. The maximum absolute atomic E-state index is 14.5. The molecule has 0 radical (unpaired) electrons. The summed E-state index contributed by atoms with van der Waals surface area (Å²) in [6.07, 6.45) is -7.27. The van der Waals surface area contributed by atoms with E-state index < -0.39 is 60.7 Å². The van der Waals surface area contributed by atoms with Crippen LogP contribution in [0, 0.1) is 0 Å². The zero-order chi connectivity index (χ0) is 18.5. The maximum Gasteiger partial charge on any atom is 0.427 e. The van der Waals surface area contributed by atoms with Gasteiger partial charge in [0.25, 0.3) is 5.60 Å². The van der Waals surface area contributed by atoms with Crippen LogP contribution in [-0.4, -0.2) is 42.9 Å². The lowest BCUT2D eigenvalue weighted by molar-refractivity contribution is -0.282. The summed E-state index contributed by atoms with van der Waals surface area (Å²) < 4.78 is 76.9. The fraction of sp³-hybridized carbons (Fsp3) is 0.467. The van der Waals surface area contributed by atoms with Gasteiger partial charge in [0.15, 0.2) is 12.0 Å². The van der Waals surface area contributed by atoms with E-state index in [0.29, 0.717) is 12.2 Å². The number of halogens is 5. The summed E-state index contributed by atoms with van der Waals surface area (Å²) in [7, 11) is 0. The SMILES string of the molecule is C=CC(=O)OCCC(=O)C1=CC=C(F)C(OCC)(C(F)(F)F)C1F. The van der Waals surface area contributed by atoms with Crippen LogP contribution < -0.4 is 0 Å². The summed E-state index contributed by atoms with van der Waals surface area (Å²) in [5.41, 5.74) is -4.77. The molecule has 0 spiro atoms. The minimum atomic E-state index is -5.42. The lowest BCUT2D eigenvalue weighted by Gasteiger charge is -2.38. The molecule has 0 saturated carbocycles. The summed E-state index contributed by atoms with van der Waals surface area (Å²) in [6.45, 7) is 3.15. The molecule has 0 aromatic rings. The summed E-state index contributed by atoms with van der Waals surface area (Å²) in [6, 6.07) is 0. The van der Waals surface area contributed by atoms with Crippen LogP contribution in [-0.2, 0) is 19.1 Å². The number of carbonyl (C=O) groups excluding carboxylic acids is 2. The molecule has 134 valence electrons. The highest BCUT2D eigenvalue weighted by molar-refractivity contribution is 5.97. The number of rotatable bonds is 7. The van der Waals surface area contributed by atoms with Gasteiger partial charge in [0.1, 0.15) is 5.83 Å². The molecule has 1 rings (SSSR count). The van der Waals surface area contributed by atoms with Crippen LogP contribution in [0.4, 0.5) is 22.0 Å². The predicted octanol–water partition coefficient (Wildman–Crippen LogP) is 3.14. The van der Waals surface area contributed by atoms with Crippen molar-refractivity contribution in [2.45, 2.75) is 31.3 Å². The first kappa shape index (κ1) is 20.0. The second-order valence-electron chi connectivity index (χ2n) is 4.71. The van der Waals surface area contributed by atoms with E-state index >= 15 is 0 Å². The molecule has 1 aliphatic carbocycles. The summed E-state index contributed by atoms with van der Waals surface area (Å²) in [4.78, 5) is 22.7. The molecule has 0 heterocycles. The third-order valence-electron chi connectivity index (χ3n) is 3.25. The molecule has 0 N–H and O–H groups in total. The highest BCUT2D eigenvalue weighted by Crippen LogP contribution is 2.48. The van der Waals surface area contributed by atoms with Crippen LogP contribution in [0.25, 0.3) is 0 Å². The van der Waals surface area contributed by atoms with Crippen molar-refractivity contribution in [2.75, 3.05) is 13.2 Å². The number of carbonyl (C=O) groups is 2. The number of ether oxygens (including phenoxy) is 2. The highest BCUT2D eigenvalue weighted by Gasteiger charge is 2.67. The van der Waals surface area contributed by atoms with Crippen molar-refractivity contribution in [2.24, 2.45) is 0 Å². The van der Waals surface area contributed by atoms with E-state index in [2.05, 4.69) is 16.1 Å². The first-order valence-corrected chi connectivity index (χ1v) is 6.86. The Morgan fingerprint density at radius 2 is 2.00 bits per heavy atom. The maximum atomic E-state index is 14.5. The quantitative estimate of drug-likeness (QED) is 0.400. The van der Waals surface area contributed by atoms with Crippen molar-refractivity contribution in [3.05, 3.63) is 36.2 Å². The summed E-state index contributed by atoms with van der Waals surface area (Å²) in [5.74, 6) is -3.78. The standard InChI is InChI=1S/C15H15F5O4/c1-3-12(22)23-8-7-10(21)9-5-6-11(16)14(13(9)17,24-4-2)15(18,19)20/h3,5-6,13H,1,4,7-8H2,2H3. The Morgan fingerprint density at radius 3 is 2.50 bits per heavy atom. The number of allylic oxidation sites excluding steroid dienone is 2. The molecular weight excluding hydrogens is 339 g/mol. The molecular formula is C15H15F5O4. The topological polar surface area (TPSA) is 52.6 Å². The van der Waals surface area contributed by atoms with Crippen LogP contribution in [0.5, 0.6) is 0 Å². The van der Waals surface area contributed by atoms with Gasteiger partial charge in [0.05, 0.1) is 6.61 Å². The van der Waals surface area contributed by atoms with Crippen molar-refractivity contribution < 1.29 is 41.0 Å². The van der Waals surface area contributed by atoms with Crippen LogP contribution in [0.1, 0.15) is 13.3 Å². The number of hydrogen-bond donors (Lipinski definition) is 0. The average molecular weight is 354 g/mol. The van der Waals surface area contributed by atoms with Gasteiger partial charge < -0.3 is 9.47 Å². The Morgan fingerprint density at radius 1 is 1.38 bits per heavy atom. The summed E-state index contributed by atoms with van der Waals surface area (Å²) >= 11 is 0. The first-order chi connectivity index (χ1) is 11.1. The van der Waals surface area contributed by atoms with Gasteiger partial charge in [0, 0.05) is 24.7 Å². The third kappa shape index (κ3) is 3.72. The fourth-order valence-corrected chi connectivity index (χ4v) is 2.12. The molecule has 0 bridgehead atoms. The zero-order valence-corrected chi connectivity index (χ0v) is 12.7. The molecule has 0 amide bonds. The number of ketones is 1. The molecule has 24 heavy (non-hydrogen) atoms. The lowest BCUT2D eigenvalue weighted by atomic mass is 9.83. The van der Waals surface area contributed by atoms with Gasteiger partial charge in [-0.3, -0.25) is 4.79 Å². The van der Waals surface area contributed by atoms with Crippen LogP contribution in [0.3, 0.4) is 0 Å². The van der Waals surface area contributed by atoms with E-state index in [-0.39, 0.29) is 0 Å². The third-order valence-corrected chi connectivity index (χ3v) is 3.25. The number of esters is 1. The fourth-order valence-electron chi connectivity index (χ4n) is 2.12. The number of hydrogen-bond acceptors (Lipinski definition) is 4. The van der Waals surface area contributed by atoms with Gasteiger partial charge >= 0.3 is 12.1 Å². The van der Waals surface area contributed by atoms with Gasteiger partial charge in [-0.1, -0.05) is 6.58 Å². The molecule has 0 fully saturated rings. The molecule has 0 aromatic carbocycles. The molecule has 0 aromatic heterocycles. The van der Waals surface area contributed by atoms with Crippen molar-refractivity contribution >= 4 is 11.8 Å². The number of Topliss-reactive ketones (excluding diaryl/α,β-unsaturated/α-hetero) is 1.